The maximum absolute atomic E-state index is 12.9. The van der Waals surface area contributed by atoms with Crippen molar-refractivity contribution in [3.63, 3.8) is 0 Å². The molecule has 4 atom stereocenters. The van der Waals surface area contributed by atoms with Crippen LogP contribution < -0.4 is 0 Å². The smallest absolute Gasteiger partial charge is 0.261 e. The normalized spacial score (nSPS) is 20.9. The third kappa shape index (κ3) is 6.15. The lowest BCUT2D eigenvalue weighted by Crippen LogP contribution is -2.38. The van der Waals surface area contributed by atoms with Gasteiger partial charge in [-0.1, -0.05) is 79.3 Å². The predicted octanol–water partition coefficient (Wildman–Crippen LogP) is 5.24. The van der Waals surface area contributed by atoms with E-state index in [-0.39, 0.29) is 48.8 Å². The fraction of sp³-hybridized carbons (Fsp3) is 0.229. The van der Waals surface area contributed by atoms with E-state index in [0.717, 1.165) is 27.9 Å². The van der Waals surface area contributed by atoms with Crippen molar-refractivity contribution in [1.82, 2.24) is 25.1 Å². The molecule has 7 rings (SSSR count). The fourth-order valence-corrected chi connectivity index (χ4v) is 6.89. The first kappa shape index (κ1) is 30.8. The van der Waals surface area contributed by atoms with Crippen LogP contribution in [0.15, 0.2) is 102 Å². The van der Waals surface area contributed by atoms with Gasteiger partial charge >= 0.3 is 0 Å². The minimum atomic E-state index is -0.694. The molecule has 0 spiro atoms. The standard InChI is InChI=1S/C35H31N5O6S/c1-21-30(20-47-35-36-37-38-40(35)26-14-16-27(42)17-15-26)45-34(46-31(21)24-10-8-23(19-41)9-11-24)25-12-6-22(7-13-25)18-39-32(43)28-4-2-3-5-29(28)33(39)44/h2-17,21,30-31,34,41-42H,18-20H2,1H3. The molecule has 1 aromatic heterocycles. The van der Waals surface area contributed by atoms with Crippen molar-refractivity contribution in [3.05, 3.63) is 130 Å². The van der Waals surface area contributed by atoms with Crippen LogP contribution >= 0.6 is 11.8 Å². The molecule has 3 heterocycles. The third-order valence-electron chi connectivity index (χ3n) is 8.51. The fourth-order valence-electron chi connectivity index (χ4n) is 5.84. The number of carbonyl (C=O) groups excluding carboxylic acids is 2. The SMILES string of the molecule is CC1C(CSc2nnnn2-c2ccc(O)cc2)OC(c2ccc(CN3C(=O)c4ccccc4C3=O)cc2)OC1c1ccc(CO)cc1. The van der Waals surface area contributed by atoms with Crippen LogP contribution in [0, 0.1) is 5.92 Å². The highest BCUT2D eigenvalue weighted by Gasteiger charge is 2.39. The van der Waals surface area contributed by atoms with Crippen LogP contribution in [0.5, 0.6) is 5.75 Å². The Hall–Kier alpha value is -4.88. The molecule has 2 N–H and O–H groups in total. The number of benzene rings is 4. The van der Waals surface area contributed by atoms with E-state index in [0.29, 0.717) is 22.0 Å². The van der Waals surface area contributed by atoms with E-state index < -0.39 is 6.29 Å². The number of rotatable bonds is 9. The first-order chi connectivity index (χ1) is 22.9. The second-order valence-electron chi connectivity index (χ2n) is 11.5. The topological polar surface area (TPSA) is 140 Å². The minimum Gasteiger partial charge on any atom is -0.508 e. The number of tetrazole rings is 1. The minimum absolute atomic E-state index is 0.0465. The monoisotopic (exact) mass is 649 g/mol. The van der Waals surface area contributed by atoms with E-state index in [1.807, 2.05) is 48.5 Å². The van der Waals surface area contributed by atoms with E-state index in [4.69, 9.17) is 9.47 Å². The number of nitrogens with zero attached hydrogens (tertiary/aromatic N) is 5. The molecule has 2 aliphatic rings. The number of thioether (sulfide) groups is 1. The zero-order valence-corrected chi connectivity index (χ0v) is 26.2. The van der Waals surface area contributed by atoms with Crippen molar-refractivity contribution < 1.29 is 29.3 Å². The molecule has 2 amide bonds. The number of phenols is 1. The highest BCUT2D eigenvalue weighted by Crippen LogP contribution is 2.43. The summed E-state index contributed by atoms with van der Waals surface area (Å²) < 4.78 is 14.8. The molecule has 0 saturated carbocycles. The summed E-state index contributed by atoms with van der Waals surface area (Å²) in [6.07, 6.45) is -1.26. The number of amides is 2. The molecule has 0 radical (unpaired) electrons. The molecule has 0 bridgehead atoms. The van der Waals surface area contributed by atoms with Gasteiger partial charge in [0.2, 0.25) is 5.16 Å². The van der Waals surface area contributed by atoms with E-state index in [9.17, 15) is 19.8 Å². The molecule has 0 aliphatic carbocycles. The summed E-state index contributed by atoms with van der Waals surface area (Å²) in [6, 6.07) is 28.8. The van der Waals surface area contributed by atoms with Gasteiger partial charge in [0, 0.05) is 17.2 Å². The lowest BCUT2D eigenvalue weighted by Gasteiger charge is -2.41. The second-order valence-corrected chi connectivity index (χ2v) is 12.5. The third-order valence-corrected chi connectivity index (χ3v) is 9.51. The van der Waals surface area contributed by atoms with Gasteiger partial charge in [0.1, 0.15) is 5.75 Å². The number of aromatic hydroxyl groups is 1. The average Bonchev–Trinajstić information content (AvgIpc) is 3.67. The number of ether oxygens (including phenoxy) is 2. The second kappa shape index (κ2) is 13.1. The van der Waals surface area contributed by atoms with Gasteiger partial charge < -0.3 is 19.7 Å². The van der Waals surface area contributed by atoms with Crippen molar-refractivity contribution in [2.24, 2.45) is 5.92 Å². The lowest BCUT2D eigenvalue weighted by atomic mass is 9.91. The summed E-state index contributed by atoms with van der Waals surface area (Å²) in [6.45, 7) is 2.19. The Kier molecular flexibility index (Phi) is 8.56. The van der Waals surface area contributed by atoms with Crippen molar-refractivity contribution >= 4 is 23.6 Å². The Morgan fingerprint density at radius 1 is 0.809 bits per heavy atom. The van der Waals surface area contributed by atoms with Crippen LogP contribution in [0.3, 0.4) is 0 Å². The molecular formula is C35H31N5O6S. The zero-order chi connectivity index (χ0) is 32.5. The molecule has 1 saturated heterocycles. The number of imide groups is 1. The maximum Gasteiger partial charge on any atom is 0.261 e. The molecule has 5 aromatic rings. The van der Waals surface area contributed by atoms with Crippen LogP contribution in [0.1, 0.15) is 62.3 Å². The van der Waals surface area contributed by atoms with Crippen LogP contribution in [0.25, 0.3) is 5.69 Å². The number of aromatic nitrogens is 4. The van der Waals surface area contributed by atoms with Crippen molar-refractivity contribution in [3.8, 4) is 11.4 Å². The Morgan fingerprint density at radius 2 is 1.45 bits per heavy atom. The first-order valence-corrected chi connectivity index (χ1v) is 16.1. The Balaban J connectivity index is 1.11. The van der Waals surface area contributed by atoms with Gasteiger partial charge in [-0.3, -0.25) is 14.5 Å². The quantitative estimate of drug-likeness (QED) is 0.161. The number of aliphatic hydroxyl groups is 1. The predicted molar refractivity (Wildman–Crippen MR) is 172 cm³/mol. The van der Waals surface area contributed by atoms with Gasteiger partial charge in [-0.15, -0.1) is 5.10 Å². The Bertz CT molecular complexity index is 1860. The number of aliphatic hydroxyl groups excluding tert-OH is 1. The molecule has 47 heavy (non-hydrogen) atoms. The molecular weight excluding hydrogens is 618 g/mol. The van der Waals surface area contributed by atoms with Crippen LogP contribution in [0.4, 0.5) is 0 Å². The highest BCUT2D eigenvalue weighted by molar-refractivity contribution is 7.99. The summed E-state index contributed by atoms with van der Waals surface area (Å²) in [7, 11) is 0. The van der Waals surface area contributed by atoms with Gasteiger partial charge in [0.05, 0.1) is 42.2 Å². The Labute approximate surface area is 274 Å². The average molecular weight is 650 g/mol. The number of carbonyl (C=O) groups is 2. The maximum atomic E-state index is 12.9. The van der Waals surface area contributed by atoms with Gasteiger partial charge in [-0.2, -0.15) is 4.68 Å². The molecule has 4 unspecified atom stereocenters. The number of hydrogen-bond donors (Lipinski definition) is 2. The molecule has 238 valence electrons. The number of phenolic OH excluding ortho intramolecular Hbond substituents is 1. The highest BCUT2D eigenvalue weighted by atomic mass is 32.2. The lowest BCUT2D eigenvalue weighted by molar-refractivity contribution is -0.268. The van der Waals surface area contributed by atoms with Gasteiger partial charge in [0.25, 0.3) is 11.8 Å². The summed E-state index contributed by atoms with van der Waals surface area (Å²) in [5.41, 5.74) is 4.94. The van der Waals surface area contributed by atoms with Crippen molar-refractivity contribution in [2.75, 3.05) is 5.75 Å². The van der Waals surface area contributed by atoms with E-state index in [1.54, 1.807) is 53.2 Å². The van der Waals surface area contributed by atoms with E-state index in [2.05, 4.69) is 22.4 Å². The Morgan fingerprint density at radius 3 is 2.11 bits per heavy atom. The van der Waals surface area contributed by atoms with E-state index in [1.165, 1.54) is 16.7 Å². The van der Waals surface area contributed by atoms with Crippen LogP contribution in [-0.2, 0) is 22.6 Å². The molecule has 2 aliphatic heterocycles. The van der Waals surface area contributed by atoms with Gasteiger partial charge in [0.15, 0.2) is 6.29 Å². The summed E-state index contributed by atoms with van der Waals surface area (Å²) in [5, 5.41) is 32.0. The first-order valence-electron chi connectivity index (χ1n) is 15.1. The van der Waals surface area contributed by atoms with Gasteiger partial charge in [-0.25, -0.2) is 0 Å². The zero-order valence-electron chi connectivity index (χ0n) is 25.3. The van der Waals surface area contributed by atoms with Crippen LogP contribution in [0.2, 0.25) is 0 Å². The summed E-state index contributed by atoms with van der Waals surface area (Å²) in [5.74, 6) is 0.0395. The molecule has 11 nitrogen and oxygen atoms in total. The summed E-state index contributed by atoms with van der Waals surface area (Å²) >= 11 is 1.46. The van der Waals surface area contributed by atoms with Gasteiger partial charge in [-0.05, 0) is 63.5 Å². The number of hydrogen-bond acceptors (Lipinski definition) is 10. The van der Waals surface area contributed by atoms with Crippen LogP contribution in [-0.4, -0.2) is 59.0 Å². The van der Waals surface area contributed by atoms with Crippen molar-refractivity contribution in [1.29, 1.82) is 0 Å². The van der Waals surface area contributed by atoms with E-state index >= 15 is 0 Å². The summed E-state index contributed by atoms with van der Waals surface area (Å²) in [4.78, 5) is 27.0. The molecule has 12 heteroatoms. The largest absolute Gasteiger partial charge is 0.508 e. The molecule has 4 aromatic carbocycles. The molecule has 1 fully saturated rings. The number of fused-ring (bicyclic) bond motifs is 1. The van der Waals surface area contributed by atoms with Crippen molar-refractivity contribution in [2.45, 2.75) is 43.7 Å².